The van der Waals surface area contributed by atoms with Gasteiger partial charge in [0.1, 0.15) is 4.88 Å². The number of thiophene rings is 1. The number of carbonyl (C=O) groups is 1. The van der Waals surface area contributed by atoms with Crippen LogP contribution in [0.2, 0.25) is 5.02 Å². The molecule has 5 heteroatoms. The van der Waals surface area contributed by atoms with Gasteiger partial charge in [0.15, 0.2) is 0 Å². The summed E-state index contributed by atoms with van der Waals surface area (Å²) in [6.45, 7) is 0.767. The van der Waals surface area contributed by atoms with E-state index in [4.69, 9.17) is 11.6 Å². The summed E-state index contributed by atoms with van der Waals surface area (Å²) in [5, 5.41) is 6.46. The van der Waals surface area contributed by atoms with Crippen molar-refractivity contribution >= 4 is 44.8 Å². The van der Waals surface area contributed by atoms with E-state index in [1.807, 2.05) is 5.38 Å². The van der Waals surface area contributed by atoms with Crippen molar-refractivity contribution in [1.29, 1.82) is 0 Å². The van der Waals surface area contributed by atoms with Crippen LogP contribution in [0, 0.1) is 11.8 Å². The molecule has 1 aliphatic carbocycles. The number of amides is 1. The van der Waals surface area contributed by atoms with E-state index in [0.29, 0.717) is 21.7 Å². The van der Waals surface area contributed by atoms with Gasteiger partial charge in [-0.25, -0.2) is 0 Å². The lowest BCUT2D eigenvalue weighted by Gasteiger charge is -2.30. The smallest absolute Gasteiger partial charge is 0.262 e. The van der Waals surface area contributed by atoms with Gasteiger partial charge in [0.05, 0.1) is 5.02 Å². The van der Waals surface area contributed by atoms with Gasteiger partial charge in [-0.3, -0.25) is 4.79 Å². The minimum absolute atomic E-state index is 0.0334. The number of hydrogen-bond donors (Lipinski definition) is 1. The molecular formula is C13H17BrClNOS. The van der Waals surface area contributed by atoms with Crippen LogP contribution >= 0.6 is 38.9 Å². The lowest BCUT2D eigenvalue weighted by Crippen LogP contribution is -2.34. The first-order valence-corrected chi connectivity index (χ1v) is 8.67. The zero-order valence-corrected chi connectivity index (χ0v) is 13.3. The third kappa shape index (κ3) is 3.49. The minimum atomic E-state index is -0.0334. The average molecular weight is 351 g/mol. The van der Waals surface area contributed by atoms with Gasteiger partial charge in [-0.05, 0) is 36.1 Å². The van der Waals surface area contributed by atoms with Gasteiger partial charge in [0.2, 0.25) is 0 Å². The molecule has 1 amide bonds. The number of carbonyl (C=O) groups excluding carboxylic acids is 1. The fourth-order valence-electron chi connectivity index (χ4n) is 2.52. The van der Waals surface area contributed by atoms with Crippen molar-refractivity contribution in [2.45, 2.75) is 25.7 Å². The Balaban J connectivity index is 1.87. The molecule has 0 aliphatic heterocycles. The van der Waals surface area contributed by atoms with Crippen LogP contribution in [0.15, 0.2) is 11.4 Å². The van der Waals surface area contributed by atoms with Gasteiger partial charge in [-0.2, -0.15) is 0 Å². The van der Waals surface area contributed by atoms with Crippen LogP contribution in [0.3, 0.4) is 0 Å². The van der Waals surface area contributed by atoms with Crippen molar-refractivity contribution in [2.24, 2.45) is 11.8 Å². The largest absolute Gasteiger partial charge is 0.351 e. The molecule has 2 atom stereocenters. The van der Waals surface area contributed by atoms with Gasteiger partial charge in [-0.15, -0.1) is 11.3 Å². The zero-order chi connectivity index (χ0) is 13.0. The summed E-state index contributed by atoms with van der Waals surface area (Å²) in [6, 6.07) is 1.77. The molecule has 1 aromatic rings. The van der Waals surface area contributed by atoms with E-state index < -0.39 is 0 Å². The molecule has 100 valence electrons. The highest BCUT2D eigenvalue weighted by atomic mass is 79.9. The second-order valence-electron chi connectivity index (χ2n) is 4.77. The fraction of sp³-hybridized carbons (Fsp3) is 0.615. The molecule has 0 bridgehead atoms. The van der Waals surface area contributed by atoms with Gasteiger partial charge in [-0.1, -0.05) is 40.4 Å². The summed E-state index contributed by atoms with van der Waals surface area (Å²) in [7, 11) is 0. The Morgan fingerprint density at radius 2 is 2.17 bits per heavy atom. The molecule has 0 aromatic carbocycles. The van der Waals surface area contributed by atoms with Gasteiger partial charge in [0.25, 0.3) is 5.91 Å². The second-order valence-corrected chi connectivity index (χ2v) is 6.74. The number of nitrogens with one attached hydrogen (secondary N) is 1. The maximum Gasteiger partial charge on any atom is 0.262 e. The van der Waals surface area contributed by atoms with Gasteiger partial charge in [0, 0.05) is 11.9 Å². The zero-order valence-electron chi connectivity index (χ0n) is 10.1. The number of rotatable bonds is 4. The van der Waals surface area contributed by atoms with Crippen LogP contribution in [0.4, 0.5) is 0 Å². The van der Waals surface area contributed by atoms with E-state index in [0.717, 1.165) is 11.9 Å². The molecule has 1 heterocycles. The maximum atomic E-state index is 12.0. The Kier molecular flexibility index (Phi) is 5.52. The predicted molar refractivity (Wildman–Crippen MR) is 80.9 cm³/mol. The molecule has 2 unspecified atom stereocenters. The first kappa shape index (κ1) is 14.4. The Bertz CT molecular complexity index is 409. The number of hydrogen-bond acceptors (Lipinski definition) is 2. The summed E-state index contributed by atoms with van der Waals surface area (Å²) in [5.41, 5.74) is 0. The summed E-state index contributed by atoms with van der Waals surface area (Å²) in [6.07, 6.45) is 5.08. The molecule has 1 fully saturated rings. The summed E-state index contributed by atoms with van der Waals surface area (Å²) < 4.78 is 0. The number of alkyl halides is 1. The van der Waals surface area contributed by atoms with Crippen LogP contribution < -0.4 is 5.32 Å². The summed E-state index contributed by atoms with van der Waals surface area (Å²) in [5.74, 6) is 1.26. The normalized spacial score (nSPS) is 23.9. The predicted octanol–water partition coefficient (Wildman–Crippen LogP) is 4.33. The second kappa shape index (κ2) is 6.92. The van der Waals surface area contributed by atoms with E-state index >= 15 is 0 Å². The van der Waals surface area contributed by atoms with E-state index in [1.54, 1.807) is 6.07 Å². The standard InChI is InChI=1S/C13H17BrClNOS/c14-7-9-3-1-2-4-10(9)8-16-13(17)12-11(15)5-6-18-12/h5-6,9-10H,1-4,7-8H2,(H,16,17). The van der Waals surface area contributed by atoms with Crippen molar-refractivity contribution in [1.82, 2.24) is 5.32 Å². The third-order valence-corrected chi connectivity index (χ3v) is 5.78. The molecule has 0 spiro atoms. The van der Waals surface area contributed by atoms with Gasteiger partial charge >= 0.3 is 0 Å². The molecule has 18 heavy (non-hydrogen) atoms. The molecular weight excluding hydrogens is 334 g/mol. The van der Waals surface area contributed by atoms with E-state index in [1.165, 1.54) is 37.0 Å². The third-order valence-electron chi connectivity index (χ3n) is 3.61. The van der Waals surface area contributed by atoms with Gasteiger partial charge < -0.3 is 5.32 Å². The summed E-state index contributed by atoms with van der Waals surface area (Å²) >= 11 is 10.9. The Morgan fingerprint density at radius 3 is 2.78 bits per heavy atom. The molecule has 1 aliphatic rings. The molecule has 2 nitrogen and oxygen atoms in total. The lowest BCUT2D eigenvalue weighted by atomic mass is 9.80. The fourth-order valence-corrected chi connectivity index (χ4v) is 4.43. The van der Waals surface area contributed by atoms with E-state index in [2.05, 4.69) is 21.2 Å². The minimum Gasteiger partial charge on any atom is -0.351 e. The molecule has 1 aromatic heterocycles. The first-order valence-electron chi connectivity index (χ1n) is 6.29. The molecule has 1 saturated carbocycles. The molecule has 2 rings (SSSR count). The van der Waals surface area contributed by atoms with Crippen LogP contribution in [0.5, 0.6) is 0 Å². The van der Waals surface area contributed by atoms with Crippen LogP contribution in [0.1, 0.15) is 35.4 Å². The SMILES string of the molecule is O=C(NCC1CCCCC1CBr)c1sccc1Cl. The highest BCUT2D eigenvalue weighted by Crippen LogP contribution is 2.31. The molecule has 0 radical (unpaired) electrons. The van der Waals surface area contributed by atoms with Crippen molar-refractivity contribution in [3.8, 4) is 0 Å². The topological polar surface area (TPSA) is 29.1 Å². The Morgan fingerprint density at radius 1 is 1.44 bits per heavy atom. The highest BCUT2D eigenvalue weighted by Gasteiger charge is 2.24. The van der Waals surface area contributed by atoms with Crippen molar-refractivity contribution < 1.29 is 4.79 Å². The Hall–Kier alpha value is -0.0600. The highest BCUT2D eigenvalue weighted by molar-refractivity contribution is 9.09. The Labute approximate surface area is 125 Å². The molecule has 0 saturated heterocycles. The average Bonchev–Trinajstić information content (AvgIpc) is 2.82. The molecule has 1 N–H and O–H groups in total. The number of halogens is 2. The quantitative estimate of drug-likeness (QED) is 0.804. The van der Waals surface area contributed by atoms with Crippen molar-refractivity contribution in [3.63, 3.8) is 0 Å². The van der Waals surface area contributed by atoms with Crippen LogP contribution in [-0.4, -0.2) is 17.8 Å². The maximum absolute atomic E-state index is 12.0. The summed E-state index contributed by atoms with van der Waals surface area (Å²) in [4.78, 5) is 12.6. The van der Waals surface area contributed by atoms with E-state index in [-0.39, 0.29) is 5.91 Å². The lowest BCUT2D eigenvalue weighted by molar-refractivity contribution is 0.0941. The van der Waals surface area contributed by atoms with E-state index in [9.17, 15) is 4.79 Å². The van der Waals surface area contributed by atoms with Crippen molar-refractivity contribution in [2.75, 3.05) is 11.9 Å². The van der Waals surface area contributed by atoms with Crippen LogP contribution in [-0.2, 0) is 0 Å². The monoisotopic (exact) mass is 349 g/mol. The van der Waals surface area contributed by atoms with Crippen LogP contribution in [0.25, 0.3) is 0 Å². The first-order chi connectivity index (χ1) is 8.72. The van der Waals surface area contributed by atoms with Crippen molar-refractivity contribution in [3.05, 3.63) is 21.3 Å².